The Kier molecular flexibility index (Phi) is 6.92. The van der Waals surface area contributed by atoms with Gasteiger partial charge < -0.3 is 0 Å². The monoisotopic (exact) mass is 352 g/mol. The average molecular weight is 353 g/mol. The van der Waals surface area contributed by atoms with Crippen molar-refractivity contribution >= 4 is 39.1 Å². The van der Waals surface area contributed by atoms with Gasteiger partial charge in [-0.2, -0.15) is 11.8 Å². The quantitative estimate of drug-likeness (QED) is 0.441. The highest BCUT2D eigenvalue weighted by atomic mass is 35.5. The van der Waals surface area contributed by atoms with Gasteiger partial charge in [-0.25, -0.2) is 13.1 Å². The second-order valence-electron chi connectivity index (χ2n) is 4.42. The molecule has 1 N–H and O–H groups in total. The van der Waals surface area contributed by atoms with Gasteiger partial charge in [0.2, 0.25) is 10.0 Å². The number of aryl methyl sites for hydroxylation is 1. The molecule has 1 aromatic rings. The lowest BCUT2D eigenvalue weighted by molar-refractivity contribution is -0.384. The van der Waals surface area contributed by atoms with E-state index in [0.717, 1.165) is 24.7 Å². The Hall–Kier alpha value is -0.830. The molecule has 0 spiro atoms. The molecule has 0 radical (unpaired) electrons. The topological polar surface area (TPSA) is 89.3 Å². The first-order chi connectivity index (χ1) is 9.79. The number of halogens is 1. The average Bonchev–Trinajstić information content (AvgIpc) is 2.37. The third-order valence-corrected chi connectivity index (χ3v) is 5.40. The highest BCUT2D eigenvalue weighted by molar-refractivity contribution is 7.98. The zero-order valence-corrected chi connectivity index (χ0v) is 14.1. The molecule has 0 saturated heterocycles. The fraction of sp³-hybridized carbons (Fsp3) is 0.500. The van der Waals surface area contributed by atoms with Gasteiger partial charge in [-0.1, -0.05) is 11.6 Å². The Morgan fingerprint density at radius 2 is 2.05 bits per heavy atom. The van der Waals surface area contributed by atoms with Crippen LogP contribution in [0, 0.1) is 17.0 Å². The highest BCUT2D eigenvalue weighted by Crippen LogP contribution is 2.29. The molecule has 0 unspecified atom stereocenters. The zero-order chi connectivity index (χ0) is 16.0. The lowest BCUT2D eigenvalue weighted by Gasteiger charge is -2.09. The standard InChI is InChI=1S/C12H17ClN2O4S2/c1-9-7-10(13)11(15(16)17)8-12(9)21(18,19)14-5-3-4-6-20-2/h7-8,14H,3-6H2,1-2H3. The van der Waals surface area contributed by atoms with Crippen LogP contribution in [0.25, 0.3) is 0 Å². The summed E-state index contributed by atoms with van der Waals surface area (Å²) in [5, 5.41) is 10.8. The number of thioether (sulfide) groups is 1. The van der Waals surface area contributed by atoms with Gasteiger partial charge in [0.15, 0.2) is 0 Å². The van der Waals surface area contributed by atoms with Gasteiger partial charge in [0, 0.05) is 12.6 Å². The van der Waals surface area contributed by atoms with Crippen LogP contribution in [0.2, 0.25) is 5.02 Å². The summed E-state index contributed by atoms with van der Waals surface area (Å²) < 4.78 is 26.8. The minimum atomic E-state index is -3.77. The second-order valence-corrected chi connectivity index (χ2v) is 7.55. The molecular weight excluding hydrogens is 336 g/mol. The molecule has 118 valence electrons. The van der Waals surface area contributed by atoms with Crippen molar-refractivity contribution in [3.63, 3.8) is 0 Å². The number of nitrogens with zero attached hydrogens (tertiary/aromatic N) is 1. The summed E-state index contributed by atoms with van der Waals surface area (Å²) in [6.07, 6.45) is 3.61. The molecule has 0 aliphatic heterocycles. The zero-order valence-electron chi connectivity index (χ0n) is 11.8. The van der Waals surface area contributed by atoms with E-state index < -0.39 is 20.6 Å². The number of benzene rings is 1. The molecule has 0 bridgehead atoms. The number of hydrogen-bond donors (Lipinski definition) is 1. The summed E-state index contributed by atoms with van der Waals surface area (Å²) in [7, 11) is -3.77. The van der Waals surface area contributed by atoms with Crippen molar-refractivity contribution in [3.8, 4) is 0 Å². The molecule has 0 atom stereocenters. The van der Waals surface area contributed by atoms with Crippen LogP contribution in [0.15, 0.2) is 17.0 Å². The molecule has 0 aliphatic rings. The summed E-state index contributed by atoms with van der Waals surface area (Å²) in [5.74, 6) is 0.965. The number of nitrogens with one attached hydrogen (secondary N) is 1. The number of sulfonamides is 1. The second kappa shape index (κ2) is 7.98. The van der Waals surface area contributed by atoms with Crippen LogP contribution in [-0.2, 0) is 10.0 Å². The molecule has 0 fully saturated rings. The predicted octanol–water partition coefficient (Wildman–Crippen LogP) is 2.98. The van der Waals surface area contributed by atoms with E-state index in [1.54, 1.807) is 18.7 Å². The molecule has 1 aromatic carbocycles. The Balaban J connectivity index is 2.92. The van der Waals surface area contributed by atoms with Gasteiger partial charge in [-0.05, 0) is 43.4 Å². The normalized spacial score (nSPS) is 11.6. The highest BCUT2D eigenvalue weighted by Gasteiger charge is 2.23. The molecule has 0 saturated carbocycles. The largest absolute Gasteiger partial charge is 0.289 e. The Bertz CT molecular complexity index is 620. The third kappa shape index (κ3) is 5.14. The van der Waals surface area contributed by atoms with Crippen molar-refractivity contribution in [1.29, 1.82) is 0 Å². The van der Waals surface area contributed by atoms with Gasteiger partial charge in [0.05, 0.1) is 9.82 Å². The molecule has 0 heterocycles. The van der Waals surface area contributed by atoms with E-state index in [9.17, 15) is 18.5 Å². The van der Waals surface area contributed by atoms with Crippen LogP contribution >= 0.6 is 23.4 Å². The number of nitro groups is 1. The van der Waals surface area contributed by atoms with Crippen LogP contribution < -0.4 is 4.72 Å². The summed E-state index contributed by atoms with van der Waals surface area (Å²) in [6, 6.07) is 2.30. The molecule has 21 heavy (non-hydrogen) atoms. The van der Waals surface area contributed by atoms with Crippen molar-refractivity contribution in [3.05, 3.63) is 32.8 Å². The number of hydrogen-bond acceptors (Lipinski definition) is 5. The SMILES string of the molecule is CSCCCCNS(=O)(=O)c1cc([N+](=O)[O-])c(Cl)cc1C. The van der Waals surface area contributed by atoms with Crippen molar-refractivity contribution in [2.45, 2.75) is 24.7 Å². The number of rotatable bonds is 8. The van der Waals surface area contributed by atoms with Crippen LogP contribution in [0.4, 0.5) is 5.69 Å². The number of nitro benzene ring substituents is 1. The van der Waals surface area contributed by atoms with E-state index in [0.29, 0.717) is 12.1 Å². The number of unbranched alkanes of at least 4 members (excludes halogenated alkanes) is 1. The Morgan fingerprint density at radius 3 is 2.62 bits per heavy atom. The Labute approximate surface area is 133 Å². The maximum atomic E-state index is 12.2. The maximum Gasteiger partial charge on any atom is 0.289 e. The first kappa shape index (κ1) is 18.2. The van der Waals surface area contributed by atoms with Crippen LogP contribution in [-0.4, -0.2) is 31.9 Å². The van der Waals surface area contributed by atoms with Gasteiger partial charge >= 0.3 is 0 Å². The smallest absolute Gasteiger partial charge is 0.258 e. The molecule has 0 aromatic heterocycles. The van der Waals surface area contributed by atoms with Crippen LogP contribution in [0.3, 0.4) is 0 Å². The first-order valence-corrected chi connectivity index (χ1v) is 9.48. The van der Waals surface area contributed by atoms with E-state index in [2.05, 4.69) is 4.72 Å². The molecule has 6 nitrogen and oxygen atoms in total. The summed E-state index contributed by atoms with van der Waals surface area (Å²) in [6.45, 7) is 1.86. The van der Waals surface area contributed by atoms with Gasteiger partial charge in [-0.15, -0.1) is 0 Å². The van der Waals surface area contributed by atoms with E-state index in [4.69, 9.17) is 11.6 Å². The fourth-order valence-electron chi connectivity index (χ4n) is 1.73. The van der Waals surface area contributed by atoms with Crippen molar-refractivity contribution < 1.29 is 13.3 Å². The molecule has 0 aliphatic carbocycles. The molecule has 1 rings (SSSR count). The molecule has 9 heteroatoms. The Morgan fingerprint density at radius 1 is 1.38 bits per heavy atom. The minimum absolute atomic E-state index is 0.0728. The van der Waals surface area contributed by atoms with Crippen LogP contribution in [0.5, 0.6) is 0 Å². The lowest BCUT2D eigenvalue weighted by Crippen LogP contribution is -2.25. The van der Waals surface area contributed by atoms with E-state index >= 15 is 0 Å². The van der Waals surface area contributed by atoms with Gasteiger partial charge in [0.25, 0.3) is 5.69 Å². The van der Waals surface area contributed by atoms with Crippen LogP contribution in [0.1, 0.15) is 18.4 Å². The van der Waals surface area contributed by atoms with Crippen molar-refractivity contribution in [2.24, 2.45) is 0 Å². The minimum Gasteiger partial charge on any atom is -0.258 e. The summed E-state index contributed by atoms with van der Waals surface area (Å²) in [4.78, 5) is 10.0. The van der Waals surface area contributed by atoms with E-state index in [-0.39, 0.29) is 9.92 Å². The maximum absolute atomic E-state index is 12.2. The van der Waals surface area contributed by atoms with Crippen molar-refractivity contribution in [1.82, 2.24) is 4.72 Å². The third-order valence-electron chi connectivity index (χ3n) is 2.80. The first-order valence-electron chi connectivity index (χ1n) is 6.22. The summed E-state index contributed by atoms with van der Waals surface area (Å²) in [5.41, 5.74) is -0.0350. The van der Waals surface area contributed by atoms with E-state index in [1.165, 1.54) is 6.07 Å². The van der Waals surface area contributed by atoms with Gasteiger partial charge in [0.1, 0.15) is 5.02 Å². The summed E-state index contributed by atoms with van der Waals surface area (Å²) >= 11 is 7.45. The fourth-order valence-corrected chi connectivity index (χ4v) is 3.83. The molecule has 0 amide bonds. The van der Waals surface area contributed by atoms with Gasteiger partial charge in [-0.3, -0.25) is 10.1 Å². The lowest BCUT2D eigenvalue weighted by atomic mass is 10.2. The molecular formula is C12H17ClN2O4S2. The van der Waals surface area contributed by atoms with Crippen molar-refractivity contribution in [2.75, 3.05) is 18.6 Å². The predicted molar refractivity (Wildman–Crippen MR) is 85.6 cm³/mol. The van der Waals surface area contributed by atoms with E-state index in [1.807, 2.05) is 6.26 Å².